The van der Waals surface area contributed by atoms with Gasteiger partial charge in [0.15, 0.2) is 11.6 Å². The van der Waals surface area contributed by atoms with Gasteiger partial charge in [0.1, 0.15) is 11.3 Å². The van der Waals surface area contributed by atoms with E-state index in [1.165, 1.54) is 0 Å². The number of nitrogens with two attached hydrogens (primary N) is 1. The van der Waals surface area contributed by atoms with Gasteiger partial charge < -0.3 is 10.6 Å². The van der Waals surface area contributed by atoms with Gasteiger partial charge in [-0.3, -0.25) is 4.57 Å². The standard InChI is InChI=1S/C18H19BrF2N6/c19-16-7-15-12(8-23-16)13(11-1-4-26(5-2-11)6-3-20)10-27(15)17-14(21)9-24-18(22)25-17/h7-11H,1-6H2,(H2,22,24,25). The number of halogens is 3. The van der Waals surface area contributed by atoms with Crippen LogP contribution in [0.1, 0.15) is 24.3 Å². The van der Waals surface area contributed by atoms with Gasteiger partial charge in [0.05, 0.1) is 11.7 Å². The van der Waals surface area contributed by atoms with E-state index in [0.717, 1.165) is 48.6 Å². The maximum atomic E-state index is 14.4. The molecule has 27 heavy (non-hydrogen) atoms. The van der Waals surface area contributed by atoms with E-state index in [9.17, 15) is 8.78 Å². The fraction of sp³-hybridized carbons (Fsp3) is 0.389. The zero-order valence-electron chi connectivity index (χ0n) is 14.6. The third kappa shape index (κ3) is 3.53. The van der Waals surface area contributed by atoms with Crippen molar-refractivity contribution in [2.75, 3.05) is 32.0 Å². The Morgan fingerprint density at radius 2 is 2.00 bits per heavy atom. The first kappa shape index (κ1) is 18.2. The second kappa shape index (κ2) is 7.47. The van der Waals surface area contributed by atoms with E-state index >= 15 is 0 Å². The molecule has 0 unspecified atom stereocenters. The zero-order chi connectivity index (χ0) is 19.0. The first-order valence-electron chi connectivity index (χ1n) is 8.80. The third-order valence-corrected chi connectivity index (χ3v) is 5.52. The number of nitrogens with zero attached hydrogens (tertiary/aromatic N) is 5. The smallest absolute Gasteiger partial charge is 0.222 e. The van der Waals surface area contributed by atoms with Crippen molar-refractivity contribution in [1.29, 1.82) is 0 Å². The van der Waals surface area contributed by atoms with E-state index in [-0.39, 0.29) is 18.4 Å². The second-order valence-electron chi connectivity index (χ2n) is 6.68. The molecule has 1 saturated heterocycles. The van der Waals surface area contributed by atoms with E-state index in [1.54, 1.807) is 10.8 Å². The number of fused-ring (bicyclic) bond motifs is 1. The number of likely N-dealkylation sites (tertiary alicyclic amines) is 1. The molecule has 4 heterocycles. The predicted molar refractivity (Wildman–Crippen MR) is 103 cm³/mol. The average Bonchev–Trinajstić information content (AvgIpc) is 3.03. The minimum atomic E-state index is -0.543. The van der Waals surface area contributed by atoms with Crippen LogP contribution < -0.4 is 5.73 Å². The normalized spacial score (nSPS) is 16.3. The molecule has 0 aliphatic carbocycles. The van der Waals surface area contributed by atoms with Crippen molar-refractivity contribution in [2.24, 2.45) is 0 Å². The molecule has 0 spiro atoms. The monoisotopic (exact) mass is 436 g/mol. The van der Waals surface area contributed by atoms with Crippen molar-refractivity contribution in [3.05, 3.63) is 40.6 Å². The topological polar surface area (TPSA) is 72.9 Å². The lowest BCUT2D eigenvalue weighted by atomic mass is 9.89. The number of alkyl halides is 1. The Balaban J connectivity index is 1.78. The molecule has 0 amide bonds. The lowest BCUT2D eigenvalue weighted by molar-refractivity contribution is 0.197. The van der Waals surface area contributed by atoms with Crippen molar-refractivity contribution >= 4 is 32.8 Å². The molecule has 0 saturated carbocycles. The molecule has 3 aromatic heterocycles. The Labute approximate surface area is 163 Å². The molecule has 2 N–H and O–H groups in total. The van der Waals surface area contributed by atoms with E-state index in [1.807, 2.05) is 12.3 Å². The van der Waals surface area contributed by atoms with E-state index in [4.69, 9.17) is 5.73 Å². The van der Waals surface area contributed by atoms with Crippen molar-refractivity contribution in [1.82, 2.24) is 24.4 Å². The van der Waals surface area contributed by atoms with Gasteiger partial charge in [0, 0.05) is 24.3 Å². The van der Waals surface area contributed by atoms with Crippen LogP contribution in [0.15, 0.2) is 29.3 Å². The van der Waals surface area contributed by atoms with Crippen molar-refractivity contribution in [3.63, 3.8) is 0 Å². The molecule has 0 aromatic carbocycles. The van der Waals surface area contributed by atoms with Crippen LogP contribution in [0.3, 0.4) is 0 Å². The Bertz CT molecular complexity index is 968. The highest BCUT2D eigenvalue weighted by Gasteiger charge is 2.25. The van der Waals surface area contributed by atoms with Crippen LogP contribution in [0.4, 0.5) is 14.7 Å². The van der Waals surface area contributed by atoms with Crippen molar-refractivity contribution in [3.8, 4) is 5.82 Å². The summed E-state index contributed by atoms with van der Waals surface area (Å²) < 4.78 is 29.4. The molecular weight excluding hydrogens is 418 g/mol. The highest BCUT2D eigenvalue weighted by Crippen LogP contribution is 2.36. The quantitative estimate of drug-likeness (QED) is 0.634. The molecule has 1 aliphatic rings. The van der Waals surface area contributed by atoms with E-state index in [0.29, 0.717) is 17.1 Å². The minimum Gasteiger partial charge on any atom is -0.368 e. The molecule has 142 valence electrons. The number of piperidine rings is 1. The van der Waals surface area contributed by atoms with Gasteiger partial charge in [-0.05, 0) is 59.4 Å². The Morgan fingerprint density at radius 3 is 2.74 bits per heavy atom. The zero-order valence-corrected chi connectivity index (χ0v) is 16.2. The SMILES string of the molecule is Nc1ncc(F)c(-n2cc(C3CCN(CCF)CC3)c3cnc(Br)cc32)n1. The summed E-state index contributed by atoms with van der Waals surface area (Å²) in [7, 11) is 0. The number of aromatic nitrogens is 4. The van der Waals surface area contributed by atoms with Gasteiger partial charge >= 0.3 is 0 Å². The molecule has 6 nitrogen and oxygen atoms in total. The highest BCUT2D eigenvalue weighted by molar-refractivity contribution is 9.10. The van der Waals surface area contributed by atoms with Gasteiger partial charge in [-0.2, -0.15) is 4.98 Å². The summed E-state index contributed by atoms with van der Waals surface area (Å²) in [6.45, 7) is 1.85. The average molecular weight is 437 g/mol. The number of nitrogen functional groups attached to an aromatic ring is 1. The van der Waals surface area contributed by atoms with Crippen LogP contribution >= 0.6 is 15.9 Å². The first-order valence-corrected chi connectivity index (χ1v) is 9.59. The van der Waals surface area contributed by atoms with Crippen LogP contribution in [0.2, 0.25) is 0 Å². The van der Waals surface area contributed by atoms with Crippen LogP contribution in [-0.2, 0) is 0 Å². The summed E-state index contributed by atoms with van der Waals surface area (Å²) in [4.78, 5) is 14.3. The van der Waals surface area contributed by atoms with Gasteiger partial charge in [-0.1, -0.05) is 0 Å². The molecule has 9 heteroatoms. The van der Waals surface area contributed by atoms with Crippen LogP contribution in [0, 0.1) is 5.82 Å². The number of pyridine rings is 1. The summed E-state index contributed by atoms with van der Waals surface area (Å²) in [6, 6.07) is 1.84. The highest BCUT2D eigenvalue weighted by atomic mass is 79.9. The molecule has 4 rings (SSSR count). The van der Waals surface area contributed by atoms with Crippen LogP contribution in [-0.4, -0.2) is 50.7 Å². The second-order valence-corrected chi connectivity index (χ2v) is 7.50. The van der Waals surface area contributed by atoms with Gasteiger partial charge in [-0.15, -0.1) is 0 Å². The fourth-order valence-electron chi connectivity index (χ4n) is 3.75. The molecule has 0 bridgehead atoms. The number of anilines is 1. The summed E-state index contributed by atoms with van der Waals surface area (Å²) in [6.07, 6.45) is 6.63. The lowest BCUT2D eigenvalue weighted by Crippen LogP contribution is -2.34. The molecule has 1 fully saturated rings. The molecule has 0 radical (unpaired) electrons. The molecule has 1 aliphatic heterocycles. The largest absolute Gasteiger partial charge is 0.368 e. The van der Waals surface area contributed by atoms with Crippen LogP contribution in [0.5, 0.6) is 0 Å². The fourth-order valence-corrected chi connectivity index (χ4v) is 4.07. The third-order valence-electron chi connectivity index (χ3n) is 5.09. The molecule has 3 aromatic rings. The van der Waals surface area contributed by atoms with Crippen molar-refractivity contribution < 1.29 is 8.78 Å². The van der Waals surface area contributed by atoms with Crippen LogP contribution in [0.25, 0.3) is 16.7 Å². The number of rotatable bonds is 4. The predicted octanol–water partition coefficient (Wildman–Crippen LogP) is 3.45. The lowest BCUT2D eigenvalue weighted by Gasteiger charge is -2.31. The molecule has 0 atom stereocenters. The summed E-state index contributed by atoms with van der Waals surface area (Å²) in [5.41, 5.74) is 7.57. The molecular formula is C18H19BrF2N6. The maximum absolute atomic E-state index is 14.4. The summed E-state index contributed by atoms with van der Waals surface area (Å²) in [5.74, 6) is -0.109. The van der Waals surface area contributed by atoms with Crippen molar-refractivity contribution in [2.45, 2.75) is 18.8 Å². The number of hydrogen-bond donors (Lipinski definition) is 1. The Hall–Kier alpha value is -2.13. The minimum absolute atomic E-state index is 0.0162. The van der Waals surface area contributed by atoms with Gasteiger partial charge in [0.25, 0.3) is 0 Å². The van der Waals surface area contributed by atoms with Gasteiger partial charge in [-0.25, -0.2) is 18.7 Å². The Morgan fingerprint density at radius 1 is 1.22 bits per heavy atom. The van der Waals surface area contributed by atoms with E-state index < -0.39 is 5.82 Å². The summed E-state index contributed by atoms with van der Waals surface area (Å²) >= 11 is 3.38. The summed E-state index contributed by atoms with van der Waals surface area (Å²) in [5, 5.41) is 0.957. The first-order chi connectivity index (χ1) is 13.1. The Kier molecular flexibility index (Phi) is 5.05. The number of hydrogen-bond acceptors (Lipinski definition) is 5. The van der Waals surface area contributed by atoms with Gasteiger partial charge in [0.2, 0.25) is 5.95 Å². The maximum Gasteiger partial charge on any atom is 0.222 e. The van der Waals surface area contributed by atoms with E-state index in [2.05, 4.69) is 35.8 Å².